The summed E-state index contributed by atoms with van der Waals surface area (Å²) in [6.07, 6.45) is 7.92. The van der Waals surface area contributed by atoms with Gasteiger partial charge < -0.3 is 14.8 Å². The minimum absolute atomic E-state index is 0.461. The van der Waals surface area contributed by atoms with Crippen molar-refractivity contribution in [1.82, 2.24) is 10.7 Å². The van der Waals surface area contributed by atoms with Gasteiger partial charge in [0.2, 0.25) is 0 Å². The van der Waals surface area contributed by atoms with Gasteiger partial charge in [-0.15, -0.1) is 0 Å². The minimum atomic E-state index is 0.461. The molecule has 1 aliphatic carbocycles. The van der Waals surface area contributed by atoms with E-state index in [0.717, 1.165) is 11.1 Å². The van der Waals surface area contributed by atoms with Gasteiger partial charge in [0.1, 0.15) is 6.61 Å². The molecule has 2 N–H and O–H groups in total. The second-order valence-electron chi connectivity index (χ2n) is 6.86. The third kappa shape index (κ3) is 6.23. The first-order chi connectivity index (χ1) is 13.7. The molecule has 0 unspecified atom stereocenters. The molecule has 0 aromatic heterocycles. The topological polar surface area (TPSA) is 54.9 Å². The molecule has 0 aliphatic heterocycles. The Kier molecular flexibility index (Phi) is 7.67. The van der Waals surface area contributed by atoms with Crippen LogP contribution in [0, 0.1) is 0 Å². The lowest BCUT2D eigenvalue weighted by atomic mass is 9.96. The van der Waals surface area contributed by atoms with E-state index >= 15 is 0 Å². The van der Waals surface area contributed by atoms with Crippen LogP contribution in [0.3, 0.4) is 0 Å². The Morgan fingerprint density at radius 2 is 1.89 bits per heavy atom. The minimum Gasteiger partial charge on any atom is -0.493 e. The molecular weight excluding hydrogens is 370 g/mol. The van der Waals surface area contributed by atoms with Crippen LogP contribution in [0.25, 0.3) is 0 Å². The number of thiocarbonyl (C=S) groups is 1. The molecule has 0 amide bonds. The van der Waals surface area contributed by atoms with Crippen molar-refractivity contribution in [2.24, 2.45) is 5.10 Å². The molecule has 1 fully saturated rings. The van der Waals surface area contributed by atoms with Crippen LogP contribution in [0.5, 0.6) is 11.5 Å². The van der Waals surface area contributed by atoms with Gasteiger partial charge in [0.25, 0.3) is 0 Å². The van der Waals surface area contributed by atoms with Crippen LogP contribution in [0.15, 0.2) is 53.6 Å². The highest BCUT2D eigenvalue weighted by atomic mass is 32.1. The number of benzene rings is 2. The van der Waals surface area contributed by atoms with E-state index in [2.05, 4.69) is 15.8 Å². The second-order valence-corrected chi connectivity index (χ2v) is 7.27. The van der Waals surface area contributed by atoms with Crippen LogP contribution in [0.2, 0.25) is 0 Å². The number of nitrogens with one attached hydrogen (secondary N) is 2. The fourth-order valence-electron chi connectivity index (χ4n) is 3.25. The Bertz CT molecular complexity index is 790. The van der Waals surface area contributed by atoms with Gasteiger partial charge in [0.15, 0.2) is 16.6 Å². The smallest absolute Gasteiger partial charge is 0.187 e. The highest BCUT2D eigenvalue weighted by molar-refractivity contribution is 7.80. The van der Waals surface area contributed by atoms with E-state index in [1.54, 1.807) is 13.3 Å². The Balaban J connectivity index is 1.55. The molecule has 28 heavy (non-hydrogen) atoms. The number of methoxy groups -OCH3 is 1. The Morgan fingerprint density at radius 1 is 1.11 bits per heavy atom. The van der Waals surface area contributed by atoms with Crippen molar-refractivity contribution in [3.05, 3.63) is 59.7 Å². The largest absolute Gasteiger partial charge is 0.493 e. The monoisotopic (exact) mass is 397 g/mol. The lowest BCUT2D eigenvalue weighted by Crippen LogP contribution is -2.40. The van der Waals surface area contributed by atoms with Gasteiger partial charge in [0, 0.05) is 6.04 Å². The zero-order valence-corrected chi connectivity index (χ0v) is 17.0. The van der Waals surface area contributed by atoms with Gasteiger partial charge in [-0.05, 0) is 54.4 Å². The highest BCUT2D eigenvalue weighted by Crippen LogP contribution is 2.28. The van der Waals surface area contributed by atoms with Crippen LogP contribution in [0.1, 0.15) is 43.2 Å². The molecule has 148 valence electrons. The van der Waals surface area contributed by atoms with Gasteiger partial charge in [-0.2, -0.15) is 5.10 Å². The summed E-state index contributed by atoms with van der Waals surface area (Å²) in [7, 11) is 1.63. The van der Waals surface area contributed by atoms with Crippen molar-refractivity contribution in [3.8, 4) is 11.5 Å². The molecule has 0 heterocycles. The number of hydrazone groups is 1. The molecule has 5 nitrogen and oxygen atoms in total. The van der Waals surface area contributed by atoms with Gasteiger partial charge in [-0.25, -0.2) is 0 Å². The average Bonchev–Trinajstić information content (AvgIpc) is 2.74. The van der Waals surface area contributed by atoms with E-state index in [1.807, 2.05) is 48.5 Å². The first-order valence-corrected chi connectivity index (χ1v) is 10.1. The van der Waals surface area contributed by atoms with Gasteiger partial charge >= 0.3 is 0 Å². The predicted molar refractivity (Wildman–Crippen MR) is 117 cm³/mol. The zero-order chi connectivity index (χ0) is 19.6. The molecule has 3 rings (SSSR count). The maximum atomic E-state index is 5.94. The average molecular weight is 398 g/mol. The van der Waals surface area contributed by atoms with Crippen LogP contribution in [-0.2, 0) is 6.61 Å². The normalized spacial score (nSPS) is 14.6. The molecule has 1 saturated carbocycles. The molecule has 2 aromatic rings. The lowest BCUT2D eigenvalue weighted by molar-refractivity contribution is 0.284. The molecule has 0 saturated heterocycles. The summed E-state index contributed by atoms with van der Waals surface area (Å²) in [5.74, 6) is 1.37. The molecule has 1 aliphatic rings. The van der Waals surface area contributed by atoms with Gasteiger partial charge in [-0.3, -0.25) is 5.43 Å². The quantitative estimate of drug-likeness (QED) is 0.412. The van der Waals surface area contributed by atoms with Crippen molar-refractivity contribution >= 4 is 23.5 Å². The standard InChI is InChI=1S/C22H27N3O2S/c1-26-20-13-12-18(14-21(20)27-16-17-8-4-2-5-9-17)15-23-25-22(28)24-19-10-6-3-7-11-19/h2,4-5,8-9,12-15,19H,3,6-7,10-11,16H2,1H3,(H2,24,25,28). The van der Waals surface area contributed by atoms with Crippen molar-refractivity contribution < 1.29 is 9.47 Å². The van der Waals surface area contributed by atoms with E-state index in [4.69, 9.17) is 21.7 Å². The summed E-state index contributed by atoms with van der Waals surface area (Å²) < 4.78 is 11.3. The van der Waals surface area contributed by atoms with Crippen LogP contribution < -0.4 is 20.2 Å². The van der Waals surface area contributed by atoms with Crippen molar-refractivity contribution in [3.63, 3.8) is 0 Å². The third-order valence-electron chi connectivity index (χ3n) is 4.74. The number of hydrogen-bond donors (Lipinski definition) is 2. The van der Waals surface area contributed by atoms with E-state index in [0.29, 0.717) is 29.3 Å². The molecule has 0 radical (unpaired) electrons. The summed E-state index contributed by atoms with van der Waals surface area (Å²) in [5.41, 5.74) is 4.90. The van der Waals surface area contributed by atoms with E-state index < -0.39 is 0 Å². The van der Waals surface area contributed by atoms with Gasteiger partial charge in [-0.1, -0.05) is 49.6 Å². The summed E-state index contributed by atoms with van der Waals surface area (Å²) >= 11 is 5.33. The number of rotatable bonds is 7. The zero-order valence-electron chi connectivity index (χ0n) is 16.2. The Hall–Kier alpha value is -2.60. The van der Waals surface area contributed by atoms with Crippen molar-refractivity contribution in [2.75, 3.05) is 7.11 Å². The van der Waals surface area contributed by atoms with Crippen LogP contribution in [-0.4, -0.2) is 24.5 Å². The number of nitrogens with zero attached hydrogens (tertiary/aromatic N) is 1. The SMILES string of the molecule is COc1ccc(C=NNC(=S)NC2CCCCC2)cc1OCc1ccccc1. The lowest BCUT2D eigenvalue weighted by Gasteiger charge is -2.23. The summed E-state index contributed by atoms with van der Waals surface area (Å²) in [6, 6.07) is 16.2. The maximum absolute atomic E-state index is 5.94. The fraction of sp³-hybridized carbons (Fsp3) is 0.364. The fourth-order valence-corrected chi connectivity index (χ4v) is 3.47. The molecule has 0 atom stereocenters. The number of ether oxygens (including phenoxy) is 2. The molecule has 2 aromatic carbocycles. The predicted octanol–water partition coefficient (Wildman–Crippen LogP) is 4.40. The van der Waals surface area contributed by atoms with E-state index in [-0.39, 0.29) is 0 Å². The van der Waals surface area contributed by atoms with Crippen LogP contribution in [0.4, 0.5) is 0 Å². The highest BCUT2D eigenvalue weighted by Gasteiger charge is 2.13. The van der Waals surface area contributed by atoms with Gasteiger partial charge in [0.05, 0.1) is 13.3 Å². The summed E-state index contributed by atoms with van der Waals surface area (Å²) in [4.78, 5) is 0. The molecular formula is C22H27N3O2S. The van der Waals surface area contributed by atoms with Crippen molar-refractivity contribution in [1.29, 1.82) is 0 Å². The third-order valence-corrected chi connectivity index (χ3v) is 4.95. The number of hydrogen-bond acceptors (Lipinski definition) is 4. The van der Waals surface area contributed by atoms with Crippen LogP contribution >= 0.6 is 12.2 Å². The Morgan fingerprint density at radius 3 is 2.64 bits per heavy atom. The first kappa shape index (κ1) is 20.1. The molecule has 0 bridgehead atoms. The van der Waals surface area contributed by atoms with Crippen molar-refractivity contribution in [2.45, 2.75) is 44.8 Å². The maximum Gasteiger partial charge on any atom is 0.187 e. The van der Waals surface area contributed by atoms with E-state index in [9.17, 15) is 0 Å². The second kappa shape index (κ2) is 10.7. The first-order valence-electron chi connectivity index (χ1n) is 9.69. The summed E-state index contributed by atoms with van der Waals surface area (Å²) in [5, 5.41) is 8.15. The summed E-state index contributed by atoms with van der Waals surface area (Å²) in [6.45, 7) is 0.478. The molecule has 0 spiro atoms. The molecule has 6 heteroatoms. The van der Waals surface area contributed by atoms with E-state index in [1.165, 1.54) is 32.1 Å². The Labute approximate surface area is 172 Å².